The van der Waals surface area contributed by atoms with Crippen molar-refractivity contribution in [1.82, 2.24) is 5.32 Å². The molecule has 0 aliphatic rings. The number of hydrogen-bond donors (Lipinski definition) is 1. The average molecular weight is 231 g/mol. The Kier molecular flexibility index (Phi) is 8.90. The van der Waals surface area contributed by atoms with E-state index in [1.165, 1.54) is 12.8 Å². The molecular weight excluding hydrogens is 202 g/mol. The first kappa shape index (κ1) is 15.9. The molecule has 0 aromatic rings. The fourth-order valence-electron chi connectivity index (χ4n) is 1.93. The SMILES string of the molecule is CNC(C)CC(C)(C)CCCOCCOC. The van der Waals surface area contributed by atoms with Crippen LogP contribution in [0.1, 0.15) is 40.0 Å². The molecule has 1 atom stereocenters. The highest BCUT2D eigenvalue weighted by atomic mass is 16.5. The maximum absolute atomic E-state index is 5.46. The van der Waals surface area contributed by atoms with Gasteiger partial charge in [-0.1, -0.05) is 13.8 Å². The number of rotatable bonds is 10. The molecule has 0 amide bonds. The maximum atomic E-state index is 5.46. The Balaban J connectivity index is 3.50. The summed E-state index contributed by atoms with van der Waals surface area (Å²) in [7, 11) is 3.72. The minimum atomic E-state index is 0.396. The van der Waals surface area contributed by atoms with Gasteiger partial charge in [0.2, 0.25) is 0 Å². The lowest BCUT2D eigenvalue weighted by molar-refractivity contribution is 0.0641. The van der Waals surface area contributed by atoms with Gasteiger partial charge < -0.3 is 14.8 Å². The topological polar surface area (TPSA) is 30.5 Å². The van der Waals surface area contributed by atoms with Crippen LogP contribution in [-0.4, -0.2) is 40.0 Å². The summed E-state index contributed by atoms with van der Waals surface area (Å²) < 4.78 is 10.4. The predicted octanol–water partition coefficient (Wildman–Crippen LogP) is 2.45. The lowest BCUT2D eigenvalue weighted by Gasteiger charge is -2.28. The van der Waals surface area contributed by atoms with Crippen molar-refractivity contribution in [3.8, 4) is 0 Å². The van der Waals surface area contributed by atoms with Crippen molar-refractivity contribution >= 4 is 0 Å². The molecule has 0 heterocycles. The quantitative estimate of drug-likeness (QED) is 0.586. The van der Waals surface area contributed by atoms with Crippen LogP contribution >= 0.6 is 0 Å². The molecule has 16 heavy (non-hydrogen) atoms. The van der Waals surface area contributed by atoms with Crippen molar-refractivity contribution in [1.29, 1.82) is 0 Å². The molecule has 0 radical (unpaired) electrons. The molecule has 0 aliphatic carbocycles. The Bertz CT molecular complexity index is 160. The van der Waals surface area contributed by atoms with Gasteiger partial charge in [-0.3, -0.25) is 0 Å². The largest absolute Gasteiger partial charge is 0.382 e. The molecular formula is C13H29NO2. The van der Waals surface area contributed by atoms with Crippen molar-refractivity contribution < 1.29 is 9.47 Å². The highest BCUT2D eigenvalue weighted by Gasteiger charge is 2.19. The van der Waals surface area contributed by atoms with Gasteiger partial charge in [0.1, 0.15) is 0 Å². The molecule has 3 heteroatoms. The molecule has 1 unspecified atom stereocenters. The van der Waals surface area contributed by atoms with Gasteiger partial charge in [0.05, 0.1) is 13.2 Å². The van der Waals surface area contributed by atoms with Gasteiger partial charge in [0.25, 0.3) is 0 Å². The minimum Gasteiger partial charge on any atom is -0.382 e. The summed E-state index contributed by atoms with van der Waals surface area (Å²) in [6.45, 7) is 9.15. The first-order valence-corrected chi connectivity index (χ1v) is 6.26. The summed E-state index contributed by atoms with van der Waals surface area (Å²) in [5.74, 6) is 0. The molecule has 3 nitrogen and oxygen atoms in total. The van der Waals surface area contributed by atoms with Crippen LogP contribution in [0.4, 0.5) is 0 Å². The van der Waals surface area contributed by atoms with Crippen molar-refractivity contribution in [3.63, 3.8) is 0 Å². The monoisotopic (exact) mass is 231 g/mol. The Morgan fingerprint density at radius 2 is 1.88 bits per heavy atom. The van der Waals surface area contributed by atoms with E-state index in [2.05, 4.69) is 26.1 Å². The van der Waals surface area contributed by atoms with E-state index in [-0.39, 0.29) is 0 Å². The van der Waals surface area contributed by atoms with Crippen LogP contribution in [0.2, 0.25) is 0 Å². The summed E-state index contributed by atoms with van der Waals surface area (Å²) in [6, 6.07) is 0.587. The number of ether oxygens (including phenoxy) is 2. The summed E-state index contributed by atoms with van der Waals surface area (Å²) >= 11 is 0. The van der Waals surface area contributed by atoms with Gasteiger partial charge in [0.15, 0.2) is 0 Å². The van der Waals surface area contributed by atoms with Crippen LogP contribution in [0.3, 0.4) is 0 Å². The zero-order valence-electron chi connectivity index (χ0n) is 11.6. The average Bonchev–Trinajstić information content (AvgIpc) is 2.22. The molecule has 0 spiro atoms. The molecule has 1 N–H and O–H groups in total. The predicted molar refractivity (Wildman–Crippen MR) is 68.8 cm³/mol. The Morgan fingerprint density at radius 3 is 2.44 bits per heavy atom. The van der Waals surface area contributed by atoms with E-state index in [0.717, 1.165) is 13.0 Å². The van der Waals surface area contributed by atoms with E-state index < -0.39 is 0 Å². The van der Waals surface area contributed by atoms with Crippen LogP contribution in [0.25, 0.3) is 0 Å². The lowest BCUT2D eigenvalue weighted by atomic mass is 9.82. The van der Waals surface area contributed by atoms with Crippen LogP contribution in [-0.2, 0) is 9.47 Å². The summed E-state index contributed by atoms with van der Waals surface area (Å²) in [4.78, 5) is 0. The molecule has 0 rings (SSSR count). The highest BCUT2D eigenvalue weighted by Crippen LogP contribution is 2.28. The summed E-state index contributed by atoms with van der Waals surface area (Å²) in [5.41, 5.74) is 0.396. The third-order valence-electron chi connectivity index (χ3n) is 2.93. The number of hydrogen-bond acceptors (Lipinski definition) is 3. The van der Waals surface area contributed by atoms with Crippen LogP contribution in [0, 0.1) is 5.41 Å². The second-order valence-electron chi connectivity index (χ2n) is 5.27. The van der Waals surface area contributed by atoms with E-state index in [0.29, 0.717) is 24.7 Å². The van der Waals surface area contributed by atoms with Crippen molar-refractivity contribution in [3.05, 3.63) is 0 Å². The third-order valence-corrected chi connectivity index (χ3v) is 2.93. The number of methoxy groups -OCH3 is 1. The van der Waals surface area contributed by atoms with E-state index in [4.69, 9.17) is 9.47 Å². The zero-order chi connectivity index (χ0) is 12.4. The first-order chi connectivity index (χ1) is 7.52. The molecule has 0 aromatic carbocycles. The molecule has 0 aliphatic heterocycles. The van der Waals surface area contributed by atoms with Crippen LogP contribution < -0.4 is 5.32 Å². The van der Waals surface area contributed by atoms with Crippen LogP contribution in [0.5, 0.6) is 0 Å². The minimum absolute atomic E-state index is 0.396. The highest BCUT2D eigenvalue weighted by molar-refractivity contribution is 4.74. The third kappa shape index (κ3) is 9.13. The zero-order valence-corrected chi connectivity index (χ0v) is 11.6. The molecule has 98 valence electrons. The lowest BCUT2D eigenvalue weighted by Crippen LogP contribution is -2.28. The normalized spacial score (nSPS) is 14.1. The van der Waals surface area contributed by atoms with E-state index >= 15 is 0 Å². The van der Waals surface area contributed by atoms with Gasteiger partial charge in [-0.2, -0.15) is 0 Å². The van der Waals surface area contributed by atoms with Crippen molar-refractivity contribution in [2.24, 2.45) is 5.41 Å². The Morgan fingerprint density at radius 1 is 1.19 bits per heavy atom. The second kappa shape index (κ2) is 8.97. The molecule has 0 bridgehead atoms. The maximum Gasteiger partial charge on any atom is 0.0700 e. The van der Waals surface area contributed by atoms with Gasteiger partial charge in [0, 0.05) is 19.8 Å². The Hall–Kier alpha value is -0.120. The Labute approximate surface area is 101 Å². The van der Waals surface area contributed by atoms with Crippen molar-refractivity contribution in [2.75, 3.05) is 34.0 Å². The molecule has 0 fully saturated rings. The first-order valence-electron chi connectivity index (χ1n) is 6.26. The van der Waals surface area contributed by atoms with Gasteiger partial charge >= 0.3 is 0 Å². The molecule has 0 saturated carbocycles. The van der Waals surface area contributed by atoms with E-state index in [9.17, 15) is 0 Å². The van der Waals surface area contributed by atoms with E-state index in [1.807, 2.05) is 7.05 Å². The number of nitrogens with one attached hydrogen (secondary N) is 1. The van der Waals surface area contributed by atoms with Gasteiger partial charge in [-0.25, -0.2) is 0 Å². The standard InChI is InChI=1S/C13H29NO2/c1-12(14-4)11-13(2,3)7-6-8-16-10-9-15-5/h12,14H,6-11H2,1-5H3. The van der Waals surface area contributed by atoms with Gasteiger partial charge in [-0.05, 0) is 38.6 Å². The second-order valence-corrected chi connectivity index (χ2v) is 5.27. The smallest absolute Gasteiger partial charge is 0.0700 e. The van der Waals surface area contributed by atoms with Gasteiger partial charge in [-0.15, -0.1) is 0 Å². The molecule has 0 aromatic heterocycles. The van der Waals surface area contributed by atoms with E-state index in [1.54, 1.807) is 7.11 Å². The van der Waals surface area contributed by atoms with Crippen molar-refractivity contribution in [2.45, 2.75) is 46.1 Å². The fraction of sp³-hybridized carbons (Fsp3) is 1.00. The summed E-state index contributed by atoms with van der Waals surface area (Å²) in [5, 5.41) is 3.29. The molecule has 0 saturated heterocycles. The summed E-state index contributed by atoms with van der Waals surface area (Å²) in [6.07, 6.45) is 3.56. The fourth-order valence-corrected chi connectivity index (χ4v) is 1.93. The van der Waals surface area contributed by atoms with Crippen LogP contribution in [0.15, 0.2) is 0 Å².